The van der Waals surface area contributed by atoms with E-state index < -0.39 is 5.97 Å². The second-order valence-corrected chi connectivity index (χ2v) is 5.35. The van der Waals surface area contributed by atoms with Gasteiger partial charge in [0.25, 0.3) is 0 Å². The SMILES string of the molecule is Cc1cccc(Sc2ccc(C(=O)O)c(C)c2)c1. The number of hydrogen-bond acceptors (Lipinski definition) is 2. The van der Waals surface area contributed by atoms with Gasteiger partial charge in [-0.25, -0.2) is 4.79 Å². The van der Waals surface area contributed by atoms with Crippen LogP contribution in [0.3, 0.4) is 0 Å². The van der Waals surface area contributed by atoms with Gasteiger partial charge in [-0.1, -0.05) is 29.5 Å². The average molecular weight is 258 g/mol. The van der Waals surface area contributed by atoms with Crippen LogP contribution in [-0.2, 0) is 0 Å². The van der Waals surface area contributed by atoms with Crippen LogP contribution >= 0.6 is 11.8 Å². The van der Waals surface area contributed by atoms with Crippen molar-refractivity contribution >= 4 is 17.7 Å². The van der Waals surface area contributed by atoms with Gasteiger partial charge < -0.3 is 5.11 Å². The summed E-state index contributed by atoms with van der Waals surface area (Å²) in [5.41, 5.74) is 2.38. The molecule has 0 aliphatic heterocycles. The van der Waals surface area contributed by atoms with Crippen molar-refractivity contribution in [2.45, 2.75) is 23.6 Å². The fourth-order valence-corrected chi connectivity index (χ4v) is 2.79. The Bertz CT molecular complexity index is 591. The molecule has 0 atom stereocenters. The molecule has 0 aromatic heterocycles. The van der Waals surface area contributed by atoms with Crippen molar-refractivity contribution in [3.63, 3.8) is 0 Å². The van der Waals surface area contributed by atoms with Crippen molar-refractivity contribution in [1.82, 2.24) is 0 Å². The highest BCUT2D eigenvalue weighted by Crippen LogP contribution is 2.29. The van der Waals surface area contributed by atoms with Gasteiger partial charge in [0.1, 0.15) is 0 Å². The first-order valence-corrected chi connectivity index (χ1v) is 6.46. The van der Waals surface area contributed by atoms with Crippen molar-refractivity contribution in [1.29, 1.82) is 0 Å². The largest absolute Gasteiger partial charge is 0.478 e. The van der Waals surface area contributed by atoms with Gasteiger partial charge in [0.05, 0.1) is 5.56 Å². The molecule has 0 fully saturated rings. The number of hydrogen-bond donors (Lipinski definition) is 1. The minimum atomic E-state index is -0.875. The van der Waals surface area contributed by atoms with Crippen molar-refractivity contribution in [2.75, 3.05) is 0 Å². The number of carboxylic acids is 1. The molecule has 2 aromatic carbocycles. The number of carbonyl (C=O) groups is 1. The summed E-state index contributed by atoms with van der Waals surface area (Å²) in [5.74, 6) is -0.875. The minimum absolute atomic E-state index is 0.364. The minimum Gasteiger partial charge on any atom is -0.478 e. The second-order valence-electron chi connectivity index (χ2n) is 4.20. The third-order valence-corrected chi connectivity index (χ3v) is 3.63. The molecule has 0 bridgehead atoms. The van der Waals surface area contributed by atoms with Crippen LogP contribution in [0, 0.1) is 13.8 Å². The molecular formula is C15H14O2S. The third-order valence-electron chi connectivity index (χ3n) is 2.65. The van der Waals surface area contributed by atoms with Crippen LogP contribution < -0.4 is 0 Å². The normalized spacial score (nSPS) is 10.3. The average Bonchev–Trinajstić information content (AvgIpc) is 2.28. The number of carboxylic acid groups (broad SMARTS) is 1. The summed E-state index contributed by atoms with van der Waals surface area (Å²) in [6, 6.07) is 13.7. The molecule has 0 radical (unpaired) electrons. The third kappa shape index (κ3) is 2.93. The predicted molar refractivity (Wildman–Crippen MR) is 73.4 cm³/mol. The van der Waals surface area contributed by atoms with Crippen molar-refractivity contribution in [3.05, 3.63) is 59.2 Å². The fourth-order valence-electron chi connectivity index (χ4n) is 1.75. The molecule has 0 heterocycles. The number of aromatic carboxylic acids is 1. The lowest BCUT2D eigenvalue weighted by molar-refractivity contribution is 0.0696. The summed E-state index contributed by atoms with van der Waals surface area (Å²) in [6.07, 6.45) is 0. The first-order valence-electron chi connectivity index (χ1n) is 5.65. The van der Waals surface area contributed by atoms with E-state index in [1.807, 2.05) is 25.1 Å². The van der Waals surface area contributed by atoms with Crippen molar-refractivity contribution in [2.24, 2.45) is 0 Å². The van der Waals surface area contributed by atoms with Crippen molar-refractivity contribution < 1.29 is 9.90 Å². The molecule has 2 rings (SSSR count). The summed E-state index contributed by atoms with van der Waals surface area (Å²) in [4.78, 5) is 13.2. The van der Waals surface area contributed by atoms with E-state index in [-0.39, 0.29) is 0 Å². The molecule has 3 heteroatoms. The topological polar surface area (TPSA) is 37.3 Å². The summed E-state index contributed by atoms with van der Waals surface area (Å²) in [7, 11) is 0. The molecule has 1 N–H and O–H groups in total. The molecule has 92 valence electrons. The lowest BCUT2D eigenvalue weighted by atomic mass is 10.1. The quantitative estimate of drug-likeness (QED) is 0.898. The number of rotatable bonds is 3. The Morgan fingerprint density at radius 3 is 2.39 bits per heavy atom. The standard InChI is InChI=1S/C15H14O2S/c1-10-4-3-5-12(8-10)18-13-6-7-14(15(16)17)11(2)9-13/h3-9H,1-2H3,(H,16,17). The highest BCUT2D eigenvalue weighted by Gasteiger charge is 2.07. The Balaban J connectivity index is 2.25. The van der Waals surface area contributed by atoms with Gasteiger partial charge in [0.15, 0.2) is 0 Å². The van der Waals surface area contributed by atoms with E-state index in [1.165, 1.54) is 5.56 Å². The van der Waals surface area contributed by atoms with E-state index >= 15 is 0 Å². The van der Waals surface area contributed by atoms with Crippen LogP contribution in [0.4, 0.5) is 0 Å². The van der Waals surface area contributed by atoms with Gasteiger partial charge in [-0.2, -0.15) is 0 Å². The Labute approximate surface area is 111 Å². The lowest BCUT2D eigenvalue weighted by Gasteiger charge is -2.06. The van der Waals surface area contributed by atoms with Gasteiger partial charge in [-0.15, -0.1) is 0 Å². The van der Waals surface area contributed by atoms with Crippen molar-refractivity contribution in [3.8, 4) is 0 Å². The van der Waals surface area contributed by atoms with E-state index in [9.17, 15) is 4.79 Å². The summed E-state index contributed by atoms with van der Waals surface area (Å²) in [5, 5.41) is 8.98. The van der Waals surface area contributed by atoms with E-state index in [1.54, 1.807) is 17.8 Å². The zero-order valence-electron chi connectivity index (χ0n) is 10.3. The molecule has 0 spiro atoms. The summed E-state index contributed by atoms with van der Waals surface area (Å²) >= 11 is 1.64. The lowest BCUT2D eigenvalue weighted by Crippen LogP contribution is -1.98. The highest BCUT2D eigenvalue weighted by atomic mass is 32.2. The first-order chi connectivity index (χ1) is 8.56. The smallest absolute Gasteiger partial charge is 0.335 e. The predicted octanol–water partition coefficient (Wildman–Crippen LogP) is 4.15. The van der Waals surface area contributed by atoms with Gasteiger partial charge in [-0.05, 0) is 49.7 Å². The second kappa shape index (κ2) is 5.27. The summed E-state index contributed by atoms with van der Waals surface area (Å²) < 4.78 is 0. The van der Waals surface area contributed by atoms with Crippen LogP contribution in [0.1, 0.15) is 21.5 Å². The maximum atomic E-state index is 10.9. The number of benzene rings is 2. The van der Waals surface area contributed by atoms with Crippen LogP contribution in [0.25, 0.3) is 0 Å². The van der Waals surface area contributed by atoms with Crippen LogP contribution in [0.15, 0.2) is 52.3 Å². The fraction of sp³-hybridized carbons (Fsp3) is 0.133. The molecule has 0 amide bonds. The molecule has 2 nitrogen and oxygen atoms in total. The molecule has 0 saturated carbocycles. The highest BCUT2D eigenvalue weighted by molar-refractivity contribution is 7.99. The van der Waals surface area contributed by atoms with Crippen LogP contribution in [-0.4, -0.2) is 11.1 Å². The zero-order chi connectivity index (χ0) is 13.1. The molecule has 0 unspecified atom stereocenters. The molecule has 0 aliphatic rings. The van der Waals surface area contributed by atoms with Gasteiger partial charge in [0.2, 0.25) is 0 Å². The monoisotopic (exact) mass is 258 g/mol. The Kier molecular flexibility index (Phi) is 3.72. The van der Waals surface area contributed by atoms with Crippen LogP contribution in [0.5, 0.6) is 0 Å². The first kappa shape index (κ1) is 12.7. The van der Waals surface area contributed by atoms with E-state index in [0.29, 0.717) is 5.56 Å². The maximum absolute atomic E-state index is 10.9. The Morgan fingerprint density at radius 1 is 1.06 bits per heavy atom. The van der Waals surface area contributed by atoms with E-state index in [2.05, 4.69) is 25.1 Å². The maximum Gasteiger partial charge on any atom is 0.335 e. The van der Waals surface area contributed by atoms with E-state index in [0.717, 1.165) is 15.4 Å². The Morgan fingerprint density at radius 2 is 1.78 bits per heavy atom. The van der Waals surface area contributed by atoms with Crippen LogP contribution in [0.2, 0.25) is 0 Å². The van der Waals surface area contributed by atoms with Gasteiger partial charge in [0, 0.05) is 9.79 Å². The molecule has 0 aliphatic carbocycles. The van der Waals surface area contributed by atoms with Gasteiger partial charge in [-0.3, -0.25) is 0 Å². The molecule has 0 saturated heterocycles. The summed E-state index contributed by atoms with van der Waals surface area (Å²) in [6.45, 7) is 3.88. The molecular weight excluding hydrogens is 244 g/mol. The molecule has 2 aromatic rings. The van der Waals surface area contributed by atoms with Gasteiger partial charge >= 0.3 is 5.97 Å². The Hall–Kier alpha value is -1.74. The number of aryl methyl sites for hydroxylation is 2. The molecule has 18 heavy (non-hydrogen) atoms. The zero-order valence-corrected chi connectivity index (χ0v) is 11.1. The van der Waals surface area contributed by atoms with E-state index in [4.69, 9.17) is 5.11 Å².